The highest BCUT2D eigenvalue weighted by Gasteiger charge is 2.52. The molecule has 4 unspecified atom stereocenters. The highest BCUT2D eigenvalue weighted by molar-refractivity contribution is 5.89. The van der Waals surface area contributed by atoms with Crippen molar-refractivity contribution in [2.45, 2.75) is 52.7 Å². The van der Waals surface area contributed by atoms with E-state index in [1.165, 1.54) is 0 Å². The Morgan fingerprint density at radius 3 is 2.53 bits per heavy atom. The molecule has 0 spiro atoms. The summed E-state index contributed by atoms with van der Waals surface area (Å²) in [4.78, 5) is 18.4. The molecule has 0 radical (unpaired) electrons. The van der Waals surface area contributed by atoms with Gasteiger partial charge in [-0.25, -0.2) is 4.99 Å². The lowest BCUT2D eigenvalue weighted by Gasteiger charge is -2.52. The summed E-state index contributed by atoms with van der Waals surface area (Å²) >= 11 is 0. The first-order chi connectivity index (χ1) is 8.70. The molecule has 1 N–H and O–H groups in total. The number of carbonyl (C=O) groups excluding carboxylic acids is 1. The van der Waals surface area contributed by atoms with Crippen molar-refractivity contribution < 1.29 is 9.90 Å². The molecular weight excluding hydrogens is 240 g/mol. The predicted octanol–water partition coefficient (Wildman–Crippen LogP) is 1.97. The van der Waals surface area contributed by atoms with Crippen molar-refractivity contribution in [3.05, 3.63) is 0 Å². The first-order valence-corrected chi connectivity index (χ1v) is 7.21. The molecule has 1 aliphatic carbocycles. The van der Waals surface area contributed by atoms with Gasteiger partial charge in [-0.1, -0.05) is 27.7 Å². The first kappa shape index (κ1) is 16.3. The van der Waals surface area contributed by atoms with Crippen molar-refractivity contribution in [2.24, 2.45) is 22.7 Å². The molecule has 1 aliphatic rings. The van der Waals surface area contributed by atoms with Gasteiger partial charge in [0.05, 0.1) is 11.6 Å². The minimum Gasteiger partial charge on any atom is -0.390 e. The van der Waals surface area contributed by atoms with Crippen LogP contribution in [0, 0.1) is 17.8 Å². The van der Waals surface area contributed by atoms with E-state index in [9.17, 15) is 9.90 Å². The summed E-state index contributed by atoms with van der Waals surface area (Å²) in [6.07, 6.45) is 2.38. The van der Waals surface area contributed by atoms with E-state index >= 15 is 0 Å². The van der Waals surface area contributed by atoms with Crippen LogP contribution in [0.3, 0.4) is 0 Å². The summed E-state index contributed by atoms with van der Waals surface area (Å²) in [5.41, 5.74) is -0.639. The van der Waals surface area contributed by atoms with Gasteiger partial charge in [-0.2, -0.15) is 0 Å². The number of hydrogen-bond donors (Lipinski definition) is 1. The van der Waals surface area contributed by atoms with Gasteiger partial charge < -0.3 is 5.11 Å². The Labute approximate surface area is 116 Å². The van der Waals surface area contributed by atoms with E-state index < -0.39 is 5.60 Å². The summed E-state index contributed by atoms with van der Waals surface area (Å²) in [5.74, 6) is 0.519. The van der Waals surface area contributed by atoms with Crippen LogP contribution in [-0.4, -0.2) is 47.4 Å². The molecule has 0 heterocycles. The Morgan fingerprint density at radius 1 is 1.58 bits per heavy atom. The van der Waals surface area contributed by atoms with Gasteiger partial charge in [-0.15, -0.1) is 0 Å². The lowest BCUT2D eigenvalue weighted by molar-refractivity contribution is -0.152. The van der Waals surface area contributed by atoms with Crippen LogP contribution in [0.5, 0.6) is 0 Å². The van der Waals surface area contributed by atoms with Gasteiger partial charge in [0.2, 0.25) is 0 Å². The van der Waals surface area contributed by atoms with Gasteiger partial charge in [0.25, 0.3) is 5.91 Å². The molecule has 0 bridgehead atoms. The first-order valence-electron chi connectivity index (χ1n) is 7.21. The van der Waals surface area contributed by atoms with Crippen molar-refractivity contribution in [2.75, 3.05) is 13.6 Å². The van der Waals surface area contributed by atoms with Crippen molar-refractivity contribution in [3.63, 3.8) is 0 Å². The van der Waals surface area contributed by atoms with E-state index in [2.05, 4.69) is 4.99 Å². The molecule has 4 atom stereocenters. The average molecular weight is 268 g/mol. The summed E-state index contributed by atoms with van der Waals surface area (Å²) in [6, 6.07) is -0.213. The second kappa shape index (κ2) is 6.14. The van der Waals surface area contributed by atoms with E-state index in [1.54, 1.807) is 6.21 Å². The number of aliphatic imine (C=N–C) groups is 1. The van der Waals surface area contributed by atoms with Gasteiger partial charge >= 0.3 is 0 Å². The summed E-state index contributed by atoms with van der Waals surface area (Å²) in [6.45, 7) is 10.7. The van der Waals surface area contributed by atoms with E-state index in [0.717, 1.165) is 6.54 Å². The molecule has 1 amide bonds. The molecule has 1 fully saturated rings. The number of carbonyl (C=O) groups is 1. The van der Waals surface area contributed by atoms with E-state index in [0.29, 0.717) is 6.42 Å². The third-order valence-corrected chi connectivity index (χ3v) is 4.40. The summed E-state index contributed by atoms with van der Waals surface area (Å²) in [5, 5.41) is 10.1. The van der Waals surface area contributed by atoms with Gasteiger partial charge in [-0.3, -0.25) is 9.69 Å². The van der Waals surface area contributed by atoms with Gasteiger partial charge in [0.1, 0.15) is 0 Å². The Morgan fingerprint density at radius 2 is 2.16 bits per heavy atom. The Balaban J connectivity index is 2.83. The van der Waals surface area contributed by atoms with Crippen LogP contribution < -0.4 is 0 Å². The quantitative estimate of drug-likeness (QED) is 0.776. The van der Waals surface area contributed by atoms with Crippen LogP contribution in [0.1, 0.15) is 41.0 Å². The van der Waals surface area contributed by atoms with Crippen LogP contribution >= 0.6 is 0 Å². The Kier molecular flexibility index (Phi) is 5.27. The topological polar surface area (TPSA) is 52.9 Å². The molecule has 19 heavy (non-hydrogen) atoms. The largest absolute Gasteiger partial charge is 0.390 e. The van der Waals surface area contributed by atoms with E-state index in [4.69, 9.17) is 0 Å². The number of nitrogens with zero attached hydrogens (tertiary/aromatic N) is 2. The standard InChI is InChI=1S/C15H28N2O2/c1-7-17(6)13(14(18)16-9-10(2)3)12-8-15(5,19)11(12)4/h9-13,19H,7-8H2,1-6H3. The molecular formula is C15H28N2O2. The van der Waals surface area contributed by atoms with Gasteiger partial charge in [-0.05, 0) is 44.7 Å². The maximum atomic E-state index is 12.3. The van der Waals surface area contributed by atoms with Crippen molar-refractivity contribution >= 4 is 12.1 Å². The molecule has 0 aliphatic heterocycles. The maximum absolute atomic E-state index is 12.3. The Bertz CT molecular complexity index is 350. The second-order valence-corrected chi connectivity index (χ2v) is 6.39. The molecule has 0 aromatic rings. The number of hydrogen-bond acceptors (Lipinski definition) is 3. The second-order valence-electron chi connectivity index (χ2n) is 6.39. The normalized spacial score (nSPS) is 32.9. The summed E-state index contributed by atoms with van der Waals surface area (Å²) < 4.78 is 0. The number of rotatable bonds is 5. The zero-order chi connectivity index (χ0) is 14.8. The van der Waals surface area contributed by atoms with Crippen LogP contribution in [0.15, 0.2) is 4.99 Å². The van der Waals surface area contributed by atoms with E-state index in [1.807, 2.05) is 46.6 Å². The maximum Gasteiger partial charge on any atom is 0.262 e. The minimum absolute atomic E-state index is 0.0783. The summed E-state index contributed by atoms with van der Waals surface area (Å²) in [7, 11) is 1.95. The monoisotopic (exact) mass is 268 g/mol. The fraction of sp³-hybridized carbons (Fsp3) is 0.867. The third-order valence-electron chi connectivity index (χ3n) is 4.40. The molecule has 1 saturated carbocycles. The minimum atomic E-state index is -0.639. The van der Waals surface area contributed by atoms with Gasteiger partial charge in [0, 0.05) is 6.21 Å². The third kappa shape index (κ3) is 3.63. The highest BCUT2D eigenvalue weighted by atomic mass is 16.3. The van der Waals surface area contributed by atoms with Crippen molar-refractivity contribution in [1.29, 1.82) is 0 Å². The zero-order valence-electron chi connectivity index (χ0n) is 13.1. The zero-order valence-corrected chi connectivity index (χ0v) is 13.1. The number of likely N-dealkylation sites (N-methyl/N-ethyl adjacent to an activating group) is 1. The van der Waals surface area contributed by atoms with Crippen LogP contribution in [-0.2, 0) is 4.79 Å². The molecule has 4 nitrogen and oxygen atoms in total. The lowest BCUT2D eigenvalue weighted by atomic mass is 9.60. The fourth-order valence-corrected chi connectivity index (χ4v) is 2.72. The number of aliphatic hydroxyl groups is 1. The Hall–Kier alpha value is -0.740. The molecule has 110 valence electrons. The molecule has 4 heteroatoms. The van der Waals surface area contributed by atoms with E-state index in [-0.39, 0.29) is 29.7 Å². The molecule has 1 rings (SSSR count). The fourth-order valence-electron chi connectivity index (χ4n) is 2.72. The molecule has 0 saturated heterocycles. The number of amides is 1. The van der Waals surface area contributed by atoms with Crippen LogP contribution in [0.25, 0.3) is 0 Å². The van der Waals surface area contributed by atoms with Gasteiger partial charge in [0.15, 0.2) is 0 Å². The average Bonchev–Trinajstić information content (AvgIpc) is 2.34. The molecule has 0 aromatic heterocycles. The van der Waals surface area contributed by atoms with Crippen molar-refractivity contribution in [3.8, 4) is 0 Å². The predicted molar refractivity (Wildman–Crippen MR) is 78.3 cm³/mol. The molecule has 0 aromatic carbocycles. The van der Waals surface area contributed by atoms with Crippen LogP contribution in [0.4, 0.5) is 0 Å². The smallest absolute Gasteiger partial charge is 0.262 e. The SMILES string of the molecule is CCN(C)C(C(=O)N=CC(C)C)C1CC(C)(O)C1C. The van der Waals surface area contributed by atoms with Crippen LogP contribution in [0.2, 0.25) is 0 Å². The highest BCUT2D eigenvalue weighted by Crippen LogP contribution is 2.46. The van der Waals surface area contributed by atoms with Crippen molar-refractivity contribution in [1.82, 2.24) is 4.90 Å². The lowest BCUT2D eigenvalue weighted by Crippen LogP contribution is -2.59.